The molecular weight excluding hydrogens is 282 g/mol. The molecule has 0 heterocycles. The molecule has 0 unspecified atom stereocenters. The van der Waals surface area contributed by atoms with Crippen LogP contribution in [0.2, 0.25) is 0 Å². The maximum absolute atomic E-state index is 11.8. The van der Waals surface area contributed by atoms with E-state index in [0.717, 1.165) is 0 Å². The number of hydrogen-bond donors (Lipinski definition) is 1. The topological polar surface area (TPSA) is 95.7 Å². The first-order chi connectivity index (χ1) is 9.38. The van der Waals surface area contributed by atoms with E-state index in [2.05, 4.69) is 0 Å². The first kappa shape index (κ1) is 16.3. The van der Waals surface area contributed by atoms with Crippen molar-refractivity contribution in [2.45, 2.75) is 13.8 Å². The fourth-order valence-electron chi connectivity index (χ4n) is 1.48. The van der Waals surface area contributed by atoms with Crippen LogP contribution in [0.15, 0.2) is 18.2 Å². The molecule has 0 saturated carbocycles. The number of rotatable bonds is 7. The van der Waals surface area contributed by atoms with Crippen molar-refractivity contribution >= 4 is 21.5 Å². The minimum absolute atomic E-state index is 0.0251. The number of ether oxygens (including phenoxy) is 2. The van der Waals surface area contributed by atoms with Gasteiger partial charge < -0.3 is 15.2 Å². The van der Waals surface area contributed by atoms with Gasteiger partial charge in [-0.3, -0.25) is 0 Å². The summed E-state index contributed by atoms with van der Waals surface area (Å²) in [6, 6.07) is 4.57. The van der Waals surface area contributed by atoms with E-state index in [9.17, 15) is 13.2 Å². The molecule has 112 valence electrons. The van der Waals surface area contributed by atoms with Gasteiger partial charge in [-0.15, -0.1) is 0 Å². The zero-order valence-corrected chi connectivity index (χ0v) is 12.4. The summed E-state index contributed by atoms with van der Waals surface area (Å²) in [5.74, 6) is -0.308. The number of carbonyl (C=O) groups excluding carboxylic acids is 1. The predicted octanol–water partition coefficient (Wildman–Crippen LogP) is 1.26. The lowest BCUT2D eigenvalue weighted by Gasteiger charge is -2.08. The monoisotopic (exact) mass is 301 g/mol. The molecule has 0 saturated heterocycles. The van der Waals surface area contributed by atoms with E-state index in [0.29, 0.717) is 18.0 Å². The van der Waals surface area contributed by atoms with Crippen molar-refractivity contribution in [3.05, 3.63) is 23.8 Å². The van der Waals surface area contributed by atoms with Crippen molar-refractivity contribution < 1.29 is 22.7 Å². The first-order valence-corrected chi connectivity index (χ1v) is 8.11. The highest BCUT2D eigenvalue weighted by Crippen LogP contribution is 2.19. The number of hydrogen-bond acceptors (Lipinski definition) is 6. The lowest BCUT2D eigenvalue weighted by Crippen LogP contribution is -2.17. The van der Waals surface area contributed by atoms with E-state index in [1.807, 2.05) is 6.92 Å². The van der Waals surface area contributed by atoms with Crippen LogP contribution in [0.25, 0.3) is 0 Å². The molecule has 0 spiro atoms. The number of anilines is 1. The van der Waals surface area contributed by atoms with Gasteiger partial charge in [0.2, 0.25) is 0 Å². The summed E-state index contributed by atoms with van der Waals surface area (Å²) in [6.07, 6.45) is 0. The molecule has 0 fully saturated rings. The smallest absolute Gasteiger partial charge is 0.338 e. The van der Waals surface area contributed by atoms with E-state index in [-0.39, 0.29) is 23.7 Å². The number of nitrogens with two attached hydrogens (primary N) is 1. The van der Waals surface area contributed by atoms with Crippen LogP contribution in [-0.2, 0) is 14.6 Å². The SMILES string of the molecule is CCOc1cc(N)cc(C(=O)OCCS(=O)(=O)CC)c1. The van der Waals surface area contributed by atoms with Gasteiger partial charge in [-0.25, -0.2) is 13.2 Å². The number of carbonyl (C=O) groups is 1. The summed E-state index contributed by atoms with van der Waals surface area (Å²) in [5.41, 5.74) is 6.28. The molecule has 1 aromatic rings. The Morgan fingerprint density at radius 1 is 1.25 bits per heavy atom. The van der Waals surface area contributed by atoms with Gasteiger partial charge in [0.1, 0.15) is 12.4 Å². The molecule has 7 heteroatoms. The quantitative estimate of drug-likeness (QED) is 0.601. The van der Waals surface area contributed by atoms with Crippen molar-refractivity contribution in [1.82, 2.24) is 0 Å². The molecule has 6 nitrogen and oxygen atoms in total. The predicted molar refractivity (Wildman–Crippen MR) is 76.6 cm³/mol. The Morgan fingerprint density at radius 3 is 2.55 bits per heavy atom. The molecule has 0 aliphatic carbocycles. The fraction of sp³-hybridized carbons (Fsp3) is 0.462. The Balaban J connectivity index is 2.68. The minimum Gasteiger partial charge on any atom is -0.494 e. The second-order valence-electron chi connectivity index (χ2n) is 4.10. The third-order valence-electron chi connectivity index (χ3n) is 2.54. The van der Waals surface area contributed by atoms with Crippen molar-refractivity contribution in [3.63, 3.8) is 0 Å². The van der Waals surface area contributed by atoms with Gasteiger partial charge in [0, 0.05) is 17.5 Å². The standard InChI is InChI=1S/C13H19NO5S/c1-3-18-12-8-10(7-11(14)9-12)13(15)19-5-6-20(16,17)4-2/h7-9H,3-6,14H2,1-2H3. The highest BCUT2D eigenvalue weighted by molar-refractivity contribution is 7.91. The average molecular weight is 301 g/mol. The van der Waals surface area contributed by atoms with Crippen molar-refractivity contribution in [3.8, 4) is 5.75 Å². The zero-order valence-electron chi connectivity index (χ0n) is 11.6. The second-order valence-corrected chi connectivity index (χ2v) is 6.57. The fourth-order valence-corrected chi connectivity index (χ4v) is 2.10. The molecule has 0 bridgehead atoms. The third kappa shape index (κ3) is 5.08. The highest BCUT2D eigenvalue weighted by Gasteiger charge is 2.13. The van der Waals surface area contributed by atoms with E-state index in [1.54, 1.807) is 13.0 Å². The molecule has 20 heavy (non-hydrogen) atoms. The summed E-state index contributed by atoms with van der Waals surface area (Å²) < 4.78 is 32.8. The molecule has 0 aromatic heterocycles. The van der Waals surface area contributed by atoms with Crippen LogP contribution in [0.3, 0.4) is 0 Å². The number of sulfone groups is 1. The maximum atomic E-state index is 11.8. The van der Waals surface area contributed by atoms with Gasteiger partial charge in [0.25, 0.3) is 0 Å². The van der Waals surface area contributed by atoms with Gasteiger partial charge in [0.05, 0.1) is 17.9 Å². The van der Waals surface area contributed by atoms with Crippen molar-refractivity contribution in [2.24, 2.45) is 0 Å². The van der Waals surface area contributed by atoms with Crippen molar-refractivity contribution in [2.75, 3.05) is 30.5 Å². The Hall–Kier alpha value is -1.76. The van der Waals surface area contributed by atoms with E-state index >= 15 is 0 Å². The van der Waals surface area contributed by atoms with Crippen LogP contribution in [-0.4, -0.2) is 39.1 Å². The molecule has 0 radical (unpaired) electrons. The summed E-state index contributed by atoms with van der Waals surface area (Å²) in [6.45, 7) is 3.64. The molecule has 0 amide bonds. The van der Waals surface area contributed by atoms with Gasteiger partial charge >= 0.3 is 5.97 Å². The van der Waals surface area contributed by atoms with Gasteiger partial charge in [-0.2, -0.15) is 0 Å². The average Bonchev–Trinajstić information content (AvgIpc) is 2.38. The van der Waals surface area contributed by atoms with Crippen LogP contribution in [0.5, 0.6) is 5.75 Å². The maximum Gasteiger partial charge on any atom is 0.338 e. The Morgan fingerprint density at radius 2 is 1.95 bits per heavy atom. The summed E-state index contributed by atoms with van der Waals surface area (Å²) in [7, 11) is -3.15. The third-order valence-corrected chi connectivity index (χ3v) is 4.21. The second kappa shape index (κ2) is 7.14. The largest absolute Gasteiger partial charge is 0.494 e. The zero-order chi connectivity index (χ0) is 15.2. The molecule has 0 aliphatic heterocycles. The van der Waals surface area contributed by atoms with E-state index in [1.165, 1.54) is 12.1 Å². The number of benzene rings is 1. The van der Waals surface area contributed by atoms with E-state index < -0.39 is 15.8 Å². The summed E-state index contributed by atoms with van der Waals surface area (Å²) in [5, 5.41) is 0. The molecule has 1 rings (SSSR count). The van der Waals surface area contributed by atoms with Crippen LogP contribution in [0.4, 0.5) is 5.69 Å². The van der Waals surface area contributed by atoms with Crippen LogP contribution in [0.1, 0.15) is 24.2 Å². The Labute approximate surface area is 118 Å². The molecule has 1 aromatic carbocycles. The first-order valence-electron chi connectivity index (χ1n) is 6.29. The van der Waals surface area contributed by atoms with Crippen LogP contribution in [0, 0.1) is 0 Å². The van der Waals surface area contributed by atoms with Crippen LogP contribution >= 0.6 is 0 Å². The van der Waals surface area contributed by atoms with E-state index in [4.69, 9.17) is 15.2 Å². The minimum atomic E-state index is -3.15. The Bertz CT molecular complexity index is 568. The number of esters is 1. The van der Waals surface area contributed by atoms with Gasteiger partial charge in [-0.05, 0) is 19.1 Å². The lowest BCUT2D eigenvalue weighted by molar-refractivity contribution is 0.0529. The normalized spacial score (nSPS) is 11.1. The molecule has 2 N–H and O–H groups in total. The number of nitrogen functional groups attached to an aromatic ring is 1. The summed E-state index contributed by atoms with van der Waals surface area (Å²) >= 11 is 0. The summed E-state index contributed by atoms with van der Waals surface area (Å²) in [4.78, 5) is 11.8. The Kier molecular flexibility index (Phi) is 5.82. The highest BCUT2D eigenvalue weighted by atomic mass is 32.2. The molecule has 0 aliphatic rings. The van der Waals surface area contributed by atoms with Gasteiger partial charge in [-0.1, -0.05) is 6.92 Å². The van der Waals surface area contributed by atoms with Crippen LogP contribution < -0.4 is 10.5 Å². The van der Waals surface area contributed by atoms with Crippen molar-refractivity contribution in [1.29, 1.82) is 0 Å². The molecular formula is C13H19NO5S. The molecule has 0 atom stereocenters. The lowest BCUT2D eigenvalue weighted by atomic mass is 10.2. The van der Waals surface area contributed by atoms with Gasteiger partial charge in [0.15, 0.2) is 9.84 Å².